The zero-order valence-corrected chi connectivity index (χ0v) is 18.7. The van der Waals surface area contributed by atoms with Gasteiger partial charge in [0.1, 0.15) is 6.33 Å². The van der Waals surface area contributed by atoms with Crippen LogP contribution in [0.4, 0.5) is 32.0 Å². The van der Waals surface area contributed by atoms with Crippen molar-refractivity contribution in [3.8, 4) is 0 Å². The smallest absolute Gasteiger partial charge is 0.316 e. The van der Waals surface area contributed by atoms with Crippen molar-refractivity contribution in [1.82, 2.24) is 14.8 Å². The molecule has 2 heterocycles. The first-order valence-corrected chi connectivity index (χ1v) is 10.3. The van der Waals surface area contributed by atoms with Crippen LogP contribution < -0.4 is 4.90 Å². The van der Waals surface area contributed by atoms with Crippen LogP contribution in [0.2, 0.25) is 0 Å². The van der Waals surface area contributed by atoms with Crippen LogP contribution in [0.25, 0.3) is 0 Å². The molecule has 1 amide bonds. The van der Waals surface area contributed by atoms with Gasteiger partial charge in [-0.05, 0) is 42.3 Å². The van der Waals surface area contributed by atoms with E-state index in [1.807, 2.05) is 0 Å². The number of anilines is 1. The lowest BCUT2D eigenvalue weighted by molar-refractivity contribution is -0.149. The van der Waals surface area contributed by atoms with Crippen molar-refractivity contribution in [2.24, 2.45) is 7.05 Å². The summed E-state index contributed by atoms with van der Waals surface area (Å²) in [5.41, 5.74) is -5.16. The second-order valence-electron chi connectivity index (χ2n) is 7.76. The van der Waals surface area contributed by atoms with Crippen molar-refractivity contribution in [1.29, 1.82) is 0 Å². The number of halogens is 7. The molecule has 1 aliphatic rings. The fourth-order valence-electron chi connectivity index (χ4n) is 3.76. The van der Waals surface area contributed by atoms with E-state index in [4.69, 9.17) is 0 Å². The Kier molecular flexibility index (Phi) is 5.34. The predicted molar refractivity (Wildman–Crippen MR) is 109 cm³/mol. The second-order valence-corrected chi connectivity index (χ2v) is 8.68. The molecule has 4 rings (SSSR count). The molecule has 0 saturated carbocycles. The monoisotopic (exact) mass is 532 g/mol. The van der Waals surface area contributed by atoms with E-state index in [1.54, 1.807) is 0 Å². The van der Waals surface area contributed by atoms with Gasteiger partial charge in [-0.3, -0.25) is 4.79 Å². The Morgan fingerprint density at radius 3 is 2.36 bits per heavy atom. The number of alkyl halides is 6. The van der Waals surface area contributed by atoms with Gasteiger partial charge in [0.05, 0.1) is 12.1 Å². The third-order valence-corrected chi connectivity index (χ3v) is 6.05. The van der Waals surface area contributed by atoms with E-state index in [-0.39, 0.29) is 21.3 Å². The number of nitrogens with zero attached hydrogens (tertiary/aromatic N) is 4. The van der Waals surface area contributed by atoms with Crippen LogP contribution in [0.5, 0.6) is 0 Å². The summed E-state index contributed by atoms with van der Waals surface area (Å²) in [6.45, 7) is 0.225. The molecule has 1 aromatic heterocycles. The molecular weight excluding hydrogens is 518 g/mol. The van der Waals surface area contributed by atoms with E-state index in [0.29, 0.717) is 6.92 Å². The Labute approximate surface area is 192 Å². The number of carbonyl (C=O) groups excluding carboxylic acids is 1. The lowest BCUT2D eigenvalue weighted by atomic mass is 9.90. The van der Waals surface area contributed by atoms with Gasteiger partial charge in [-0.2, -0.15) is 22.0 Å². The fourth-order valence-corrected chi connectivity index (χ4v) is 4.22. The van der Waals surface area contributed by atoms with Crippen molar-refractivity contribution >= 4 is 27.5 Å². The maximum absolute atomic E-state index is 15.6. The van der Waals surface area contributed by atoms with E-state index in [0.717, 1.165) is 34.0 Å². The Balaban J connectivity index is 1.75. The molecule has 0 N–H and O–H groups in total. The predicted octanol–water partition coefficient (Wildman–Crippen LogP) is 5.73. The quantitative estimate of drug-likeness (QED) is 0.403. The molecule has 0 aliphatic carbocycles. The van der Waals surface area contributed by atoms with Gasteiger partial charge < -0.3 is 9.47 Å². The van der Waals surface area contributed by atoms with Gasteiger partial charge in [0.2, 0.25) is 11.5 Å². The van der Waals surface area contributed by atoms with Gasteiger partial charge in [0, 0.05) is 22.8 Å². The van der Waals surface area contributed by atoms with Gasteiger partial charge in [0.25, 0.3) is 5.91 Å². The molecule has 174 valence electrons. The van der Waals surface area contributed by atoms with Crippen LogP contribution in [-0.2, 0) is 31.4 Å². The molecule has 0 bridgehead atoms. The number of hydrogen-bond donors (Lipinski definition) is 0. The summed E-state index contributed by atoms with van der Waals surface area (Å²) in [4.78, 5) is 13.9. The van der Waals surface area contributed by atoms with Gasteiger partial charge >= 0.3 is 12.1 Å². The van der Waals surface area contributed by atoms with E-state index < -0.39 is 47.2 Å². The summed E-state index contributed by atoms with van der Waals surface area (Å²) in [7, 11) is 1.24. The first-order valence-electron chi connectivity index (χ1n) is 9.48. The maximum atomic E-state index is 15.6. The number of hydrogen-bond acceptors (Lipinski definition) is 3. The average Bonchev–Trinajstić information content (AvgIpc) is 3.30. The third-order valence-electron chi connectivity index (χ3n) is 5.59. The standard InChI is InChI=1S/C21H15BrF6N4O/c1-19(23,20(24,25)18-30-29-10-31(18)2)11-4-3-5-13(6-11)32-9-15-14(17(32)33)7-12(22)8-16(15)21(26,27)28/h3-8,10H,9H2,1-2H3/t19-/m0/s1. The summed E-state index contributed by atoms with van der Waals surface area (Å²) < 4.78 is 87.1. The number of benzene rings is 2. The van der Waals surface area contributed by atoms with Gasteiger partial charge in [-0.25, -0.2) is 4.39 Å². The van der Waals surface area contributed by atoms with Crippen LogP contribution in [0.1, 0.15) is 39.8 Å². The minimum absolute atomic E-state index is 0.0180. The number of fused-ring (bicyclic) bond motifs is 1. The molecular formula is C21H15BrF6N4O. The topological polar surface area (TPSA) is 51.0 Å². The number of aromatic nitrogens is 3. The summed E-state index contributed by atoms with van der Waals surface area (Å²) in [6.07, 6.45) is -3.70. The third kappa shape index (κ3) is 3.69. The Morgan fingerprint density at radius 1 is 1.06 bits per heavy atom. The molecule has 0 spiro atoms. The Bertz CT molecular complexity index is 1250. The molecule has 5 nitrogen and oxygen atoms in total. The minimum atomic E-state index is -4.71. The second kappa shape index (κ2) is 7.57. The highest BCUT2D eigenvalue weighted by Crippen LogP contribution is 2.48. The molecule has 0 unspecified atom stereocenters. The number of carbonyl (C=O) groups is 1. The Morgan fingerprint density at radius 2 is 1.76 bits per heavy atom. The molecule has 1 aliphatic heterocycles. The summed E-state index contributed by atoms with van der Waals surface area (Å²) in [5, 5.41) is 6.67. The number of amides is 1. The van der Waals surface area contributed by atoms with Gasteiger partial charge in [-0.1, -0.05) is 28.1 Å². The van der Waals surface area contributed by atoms with Crippen molar-refractivity contribution in [3.05, 3.63) is 75.3 Å². The summed E-state index contributed by atoms with van der Waals surface area (Å²) >= 11 is 2.98. The number of rotatable bonds is 4. The Hall–Kier alpha value is -2.89. The summed E-state index contributed by atoms with van der Waals surface area (Å²) in [6, 6.07) is 6.86. The molecule has 0 fully saturated rings. The van der Waals surface area contributed by atoms with E-state index in [9.17, 15) is 18.0 Å². The lowest BCUT2D eigenvalue weighted by Crippen LogP contribution is -2.39. The normalized spacial score (nSPS) is 16.2. The highest BCUT2D eigenvalue weighted by Gasteiger charge is 2.57. The summed E-state index contributed by atoms with van der Waals surface area (Å²) in [5.74, 6) is -5.75. The van der Waals surface area contributed by atoms with Crippen LogP contribution >= 0.6 is 15.9 Å². The minimum Gasteiger partial charge on any atom is -0.316 e. The largest absolute Gasteiger partial charge is 0.416 e. The first-order chi connectivity index (χ1) is 15.2. The molecule has 1 atom stereocenters. The lowest BCUT2D eigenvalue weighted by Gasteiger charge is -2.30. The van der Waals surface area contributed by atoms with Crippen LogP contribution in [-0.4, -0.2) is 20.7 Å². The number of aryl methyl sites for hydroxylation is 1. The fraction of sp³-hybridized carbons (Fsp3) is 0.286. The van der Waals surface area contributed by atoms with E-state index >= 15 is 13.2 Å². The molecule has 3 aromatic rings. The van der Waals surface area contributed by atoms with Crippen LogP contribution in [0.3, 0.4) is 0 Å². The zero-order chi connectivity index (χ0) is 24.3. The first kappa shape index (κ1) is 23.3. The highest BCUT2D eigenvalue weighted by atomic mass is 79.9. The molecule has 33 heavy (non-hydrogen) atoms. The zero-order valence-electron chi connectivity index (χ0n) is 17.1. The van der Waals surface area contributed by atoms with Crippen LogP contribution in [0, 0.1) is 0 Å². The van der Waals surface area contributed by atoms with Gasteiger partial charge in [0.15, 0.2) is 0 Å². The maximum Gasteiger partial charge on any atom is 0.416 e. The SMILES string of the molecule is Cn1cnnc1C(F)(F)[C@@](C)(F)c1cccc(N2Cc3c(cc(Br)cc3C(F)(F)F)C2=O)c1. The molecule has 0 radical (unpaired) electrons. The molecule has 2 aromatic carbocycles. The average molecular weight is 533 g/mol. The van der Waals surface area contributed by atoms with E-state index in [2.05, 4.69) is 26.1 Å². The van der Waals surface area contributed by atoms with Crippen molar-refractivity contribution in [2.75, 3.05) is 4.90 Å². The molecule has 12 heteroatoms. The van der Waals surface area contributed by atoms with Crippen LogP contribution in [0.15, 0.2) is 47.2 Å². The van der Waals surface area contributed by atoms with Crippen molar-refractivity contribution < 1.29 is 31.1 Å². The molecule has 0 saturated heterocycles. The van der Waals surface area contributed by atoms with E-state index in [1.165, 1.54) is 25.2 Å². The van der Waals surface area contributed by atoms with Crippen molar-refractivity contribution in [3.63, 3.8) is 0 Å². The van der Waals surface area contributed by atoms with Gasteiger partial charge in [-0.15, -0.1) is 10.2 Å². The van der Waals surface area contributed by atoms with Crippen molar-refractivity contribution in [2.45, 2.75) is 31.2 Å². The highest BCUT2D eigenvalue weighted by molar-refractivity contribution is 9.10.